The third-order valence-electron chi connectivity index (χ3n) is 3.56. The summed E-state index contributed by atoms with van der Waals surface area (Å²) in [5.74, 6) is 1.29. The van der Waals surface area contributed by atoms with Gasteiger partial charge < -0.3 is 10.1 Å². The summed E-state index contributed by atoms with van der Waals surface area (Å²) in [7, 11) is 0. The molecule has 1 aromatic rings. The Morgan fingerprint density at radius 1 is 1.26 bits per heavy atom. The summed E-state index contributed by atoms with van der Waals surface area (Å²) in [5.41, 5.74) is 3.72. The summed E-state index contributed by atoms with van der Waals surface area (Å²) >= 11 is 0. The molecule has 0 radical (unpaired) electrons. The molecular formula is C15H25N3O. The second-order valence-corrected chi connectivity index (χ2v) is 5.33. The molecule has 0 saturated carbocycles. The first-order valence-electron chi connectivity index (χ1n) is 7.39. The molecule has 4 nitrogen and oxygen atoms in total. The summed E-state index contributed by atoms with van der Waals surface area (Å²) in [5, 5.41) is 3.39. The predicted octanol–water partition coefficient (Wildman–Crippen LogP) is 2.73. The summed E-state index contributed by atoms with van der Waals surface area (Å²) in [6.07, 6.45) is 1.97. The van der Waals surface area contributed by atoms with Crippen molar-refractivity contribution in [1.82, 2.24) is 15.3 Å². The molecule has 0 amide bonds. The molecule has 0 spiro atoms. The van der Waals surface area contributed by atoms with Gasteiger partial charge in [0.25, 0.3) is 0 Å². The zero-order chi connectivity index (χ0) is 13.8. The Bertz CT molecular complexity index is 432. The number of nitrogens with zero attached hydrogens (tertiary/aromatic N) is 2. The van der Waals surface area contributed by atoms with Crippen molar-refractivity contribution in [1.29, 1.82) is 0 Å². The summed E-state index contributed by atoms with van der Waals surface area (Å²) < 4.78 is 5.76. The van der Waals surface area contributed by atoms with Gasteiger partial charge in [0.2, 0.25) is 0 Å². The highest BCUT2D eigenvalue weighted by atomic mass is 16.5. The number of ether oxygens (including phenoxy) is 1. The molecule has 1 aromatic heterocycles. The molecule has 1 N–H and O–H groups in total. The van der Waals surface area contributed by atoms with Crippen molar-refractivity contribution in [2.24, 2.45) is 0 Å². The molecule has 4 heteroatoms. The fourth-order valence-electron chi connectivity index (χ4n) is 2.61. The minimum absolute atomic E-state index is 0.0229. The zero-order valence-corrected chi connectivity index (χ0v) is 12.5. The highest BCUT2D eigenvalue weighted by Crippen LogP contribution is 2.26. The Morgan fingerprint density at radius 2 is 2.05 bits per heavy atom. The smallest absolute Gasteiger partial charge is 0.157 e. The van der Waals surface area contributed by atoms with Gasteiger partial charge in [-0.05, 0) is 37.8 Å². The molecule has 0 aromatic carbocycles. The average Bonchev–Trinajstić information content (AvgIpc) is 2.43. The van der Waals surface area contributed by atoms with Crippen molar-refractivity contribution in [3.05, 3.63) is 22.8 Å². The maximum Gasteiger partial charge on any atom is 0.157 e. The van der Waals surface area contributed by atoms with E-state index >= 15 is 0 Å². The molecule has 0 saturated heterocycles. The molecule has 19 heavy (non-hydrogen) atoms. The van der Waals surface area contributed by atoms with Crippen LogP contribution in [0.4, 0.5) is 0 Å². The Morgan fingerprint density at radius 3 is 2.68 bits per heavy atom. The molecule has 1 unspecified atom stereocenters. The number of rotatable bonds is 5. The van der Waals surface area contributed by atoms with Crippen molar-refractivity contribution in [2.75, 3.05) is 13.2 Å². The molecule has 106 valence electrons. The van der Waals surface area contributed by atoms with Gasteiger partial charge in [-0.15, -0.1) is 0 Å². The van der Waals surface area contributed by atoms with E-state index in [1.54, 1.807) is 0 Å². The standard InChI is InChI=1S/C15H25N3O/c1-5-13(19-6-2)15-17-12-9-16-8-7-11(12)14(18-15)10(3)4/h10,13,16H,5-9H2,1-4H3. The topological polar surface area (TPSA) is 47.0 Å². The third-order valence-corrected chi connectivity index (χ3v) is 3.56. The number of hydrogen-bond acceptors (Lipinski definition) is 4. The van der Waals surface area contributed by atoms with E-state index < -0.39 is 0 Å². The van der Waals surface area contributed by atoms with Crippen LogP contribution in [0.2, 0.25) is 0 Å². The second-order valence-electron chi connectivity index (χ2n) is 5.33. The number of nitrogens with one attached hydrogen (secondary N) is 1. The van der Waals surface area contributed by atoms with E-state index in [4.69, 9.17) is 14.7 Å². The number of hydrogen-bond donors (Lipinski definition) is 1. The third kappa shape index (κ3) is 3.12. The van der Waals surface area contributed by atoms with Crippen molar-refractivity contribution in [3.8, 4) is 0 Å². The molecule has 0 fully saturated rings. The molecule has 0 aliphatic carbocycles. The second kappa shape index (κ2) is 6.44. The molecule has 2 heterocycles. The normalized spacial score (nSPS) is 16.5. The van der Waals surface area contributed by atoms with Crippen molar-refractivity contribution >= 4 is 0 Å². The van der Waals surface area contributed by atoms with Crippen LogP contribution >= 0.6 is 0 Å². The summed E-state index contributed by atoms with van der Waals surface area (Å²) in [6.45, 7) is 11.1. The molecule has 1 aliphatic heterocycles. The van der Waals surface area contributed by atoms with E-state index in [9.17, 15) is 0 Å². The first kappa shape index (κ1) is 14.4. The van der Waals surface area contributed by atoms with E-state index in [0.29, 0.717) is 12.5 Å². The lowest BCUT2D eigenvalue weighted by molar-refractivity contribution is 0.0530. The fourth-order valence-corrected chi connectivity index (χ4v) is 2.61. The first-order valence-corrected chi connectivity index (χ1v) is 7.39. The maximum absolute atomic E-state index is 5.76. The minimum Gasteiger partial charge on any atom is -0.371 e. The SMILES string of the molecule is CCOC(CC)c1nc2c(c(C(C)C)n1)CCNC2. The molecule has 1 atom stereocenters. The van der Waals surface area contributed by atoms with Crippen molar-refractivity contribution in [3.63, 3.8) is 0 Å². The fraction of sp³-hybridized carbons (Fsp3) is 0.733. The van der Waals surface area contributed by atoms with Gasteiger partial charge in [0.15, 0.2) is 5.82 Å². The molecule has 1 aliphatic rings. The molecular weight excluding hydrogens is 238 g/mol. The summed E-state index contributed by atoms with van der Waals surface area (Å²) in [4.78, 5) is 9.56. The minimum atomic E-state index is 0.0229. The van der Waals surface area contributed by atoms with Gasteiger partial charge in [0.05, 0.1) is 11.4 Å². The lowest BCUT2D eigenvalue weighted by Gasteiger charge is -2.23. The average molecular weight is 263 g/mol. The Balaban J connectivity index is 2.42. The molecule has 0 bridgehead atoms. The van der Waals surface area contributed by atoms with Crippen LogP contribution in [0.3, 0.4) is 0 Å². The monoisotopic (exact) mass is 263 g/mol. The summed E-state index contributed by atoms with van der Waals surface area (Å²) in [6, 6.07) is 0. The van der Waals surface area contributed by atoms with Gasteiger partial charge in [-0.25, -0.2) is 9.97 Å². The van der Waals surface area contributed by atoms with Gasteiger partial charge in [-0.3, -0.25) is 0 Å². The quantitative estimate of drug-likeness (QED) is 0.887. The van der Waals surface area contributed by atoms with E-state index in [0.717, 1.165) is 37.4 Å². The van der Waals surface area contributed by atoms with E-state index in [1.807, 2.05) is 6.92 Å². The number of fused-ring (bicyclic) bond motifs is 1. The van der Waals surface area contributed by atoms with Crippen molar-refractivity contribution < 1.29 is 4.74 Å². The van der Waals surface area contributed by atoms with Crippen LogP contribution in [0.25, 0.3) is 0 Å². The lowest BCUT2D eigenvalue weighted by Crippen LogP contribution is -2.28. The lowest BCUT2D eigenvalue weighted by atomic mass is 9.97. The Labute approximate surface area is 116 Å². The van der Waals surface area contributed by atoms with E-state index in [1.165, 1.54) is 11.3 Å². The van der Waals surface area contributed by atoms with Crippen LogP contribution in [0.15, 0.2) is 0 Å². The maximum atomic E-state index is 5.76. The largest absolute Gasteiger partial charge is 0.371 e. The first-order chi connectivity index (χ1) is 9.17. The van der Waals surface area contributed by atoms with Crippen molar-refractivity contribution in [2.45, 2.75) is 59.1 Å². The van der Waals surface area contributed by atoms with Gasteiger partial charge in [0.1, 0.15) is 6.10 Å². The van der Waals surface area contributed by atoms with Crippen LogP contribution in [0.1, 0.15) is 68.9 Å². The van der Waals surface area contributed by atoms with E-state index in [2.05, 4.69) is 26.1 Å². The van der Waals surface area contributed by atoms with Crippen LogP contribution in [-0.2, 0) is 17.7 Å². The highest BCUT2D eigenvalue weighted by molar-refractivity contribution is 5.30. The van der Waals surface area contributed by atoms with Crippen LogP contribution in [-0.4, -0.2) is 23.1 Å². The Hall–Kier alpha value is -1.00. The van der Waals surface area contributed by atoms with Gasteiger partial charge in [-0.2, -0.15) is 0 Å². The van der Waals surface area contributed by atoms with Crippen LogP contribution < -0.4 is 5.32 Å². The van der Waals surface area contributed by atoms with Gasteiger partial charge >= 0.3 is 0 Å². The number of aromatic nitrogens is 2. The predicted molar refractivity (Wildman–Crippen MR) is 76.2 cm³/mol. The van der Waals surface area contributed by atoms with Gasteiger partial charge in [-0.1, -0.05) is 20.8 Å². The Kier molecular flexibility index (Phi) is 4.88. The van der Waals surface area contributed by atoms with Crippen LogP contribution in [0, 0.1) is 0 Å². The van der Waals surface area contributed by atoms with E-state index in [-0.39, 0.29) is 6.10 Å². The molecule has 2 rings (SSSR count). The van der Waals surface area contributed by atoms with Crippen LogP contribution in [0.5, 0.6) is 0 Å². The highest BCUT2D eigenvalue weighted by Gasteiger charge is 2.22. The zero-order valence-electron chi connectivity index (χ0n) is 12.5. The van der Waals surface area contributed by atoms with Gasteiger partial charge in [0, 0.05) is 13.2 Å².